The second-order valence-electron chi connectivity index (χ2n) is 4.98. The van der Waals surface area contributed by atoms with Crippen LogP contribution >= 0.6 is 11.6 Å². The molecule has 4 nitrogen and oxygen atoms in total. The first-order valence-electron chi connectivity index (χ1n) is 7.39. The van der Waals surface area contributed by atoms with Crippen molar-refractivity contribution in [3.05, 3.63) is 34.9 Å². The Bertz CT molecular complexity index is 446. The van der Waals surface area contributed by atoms with Crippen LogP contribution in [0.15, 0.2) is 24.3 Å². The van der Waals surface area contributed by atoms with Crippen LogP contribution in [0.5, 0.6) is 0 Å². The van der Waals surface area contributed by atoms with Gasteiger partial charge < -0.3 is 11.1 Å². The molecule has 1 rings (SSSR count). The summed E-state index contributed by atoms with van der Waals surface area (Å²) in [6.07, 6.45) is 4.61. The molecule has 0 aliphatic rings. The summed E-state index contributed by atoms with van der Waals surface area (Å²) in [6, 6.07) is 6.71. The molecule has 1 aromatic rings. The van der Waals surface area contributed by atoms with Crippen LogP contribution < -0.4 is 11.1 Å². The van der Waals surface area contributed by atoms with E-state index in [1.54, 1.807) is 24.3 Å². The Morgan fingerprint density at radius 2 is 1.67 bits per heavy atom. The molecule has 0 fully saturated rings. The predicted octanol–water partition coefficient (Wildman–Crippen LogP) is 2.94. The zero-order valence-electron chi connectivity index (χ0n) is 12.2. The van der Waals surface area contributed by atoms with E-state index < -0.39 is 0 Å². The van der Waals surface area contributed by atoms with Crippen molar-refractivity contribution in [2.75, 3.05) is 13.1 Å². The first kappa shape index (κ1) is 17.7. The molecule has 0 aliphatic heterocycles. The number of Topliss-reactive ketones (excluding diaryl/α,β-unsaturated/α-hetero) is 1. The van der Waals surface area contributed by atoms with E-state index in [0.717, 1.165) is 32.2 Å². The van der Waals surface area contributed by atoms with Gasteiger partial charge >= 0.3 is 0 Å². The standard InChI is InChI=1S/C16H23ClN2O2/c17-14-7-5-13(6-8-14)15(20)9-10-16(21)19-12-4-2-1-3-11-18/h5-8H,1-4,9-12,18H2,(H,19,21). The normalized spacial score (nSPS) is 10.4. The number of hydrogen-bond acceptors (Lipinski definition) is 3. The Hall–Kier alpha value is -1.39. The van der Waals surface area contributed by atoms with Crippen molar-refractivity contribution < 1.29 is 9.59 Å². The molecule has 1 aromatic carbocycles. The van der Waals surface area contributed by atoms with E-state index in [1.807, 2.05) is 0 Å². The van der Waals surface area contributed by atoms with Gasteiger partial charge in [-0.1, -0.05) is 24.4 Å². The fourth-order valence-corrected chi connectivity index (χ4v) is 2.07. The summed E-state index contributed by atoms with van der Waals surface area (Å²) in [5.74, 6) is -0.110. The van der Waals surface area contributed by atoms with Gasteiger partial charge in [0.1, 0.15) is 0 Å². The van der Waals surface area contributed by atoms with Crippen LogP contribution in [-0.4, -0.2) is 24.8 Å². The van der Waals surface area contributed by atoms with E-state index in [0.29, 0.717) is 17.1 Å². The minimum Gasteiger partial charge on any atom is -0.356 e. The predicted molar refractivity (Wildman–Crippen MR) is 85.5 cm³/mol. The maximum absolute atomic E-state index is 11.9. The molecule has 0 aliphatic carbocycles. The summed E-state index contributed by atoms with van der Waals surface area (Å²) >= 11 is 5.76. The number of amides is 1. The van der Waals surface area contributed by atoms with E-state index in [-0.39, 0.29) is 24.5 Å². The van der Waals surface area contributed by atoms with Crippen molar-refractivity contribution >= 4 is 23.3 Å². The van der Waals surface area contributed by atoms with Crippen LogP contribution in [0, 0.1) is 0 Å². The number of unbranched alkanes of at least 4 members (excludes halogenated alkanes) is 3. The first-order valence-corrected chi connectivity index (χ1v) is 7.77. The number of carbonyl (C=O) groups excluding carboxylic acids is 2. The lowest BCUT2D eigenvalue weighted by Crippen LogP contribution is -2.24. The zero-order chi connectivity index (χ0) is 15.5. The number of nitrogens with one attached hydrogen (secondary N) is 1. The second kappa shape index (κ2) is 10.4. The molecule has 5 heteroatoms. The van der Waals surface area contributed by atoms with E-state index in [9.17, 15) is 9.59 Å². The third-order valence-electron chi connectivity index (χ3n) is 3.20. The summed E-state index contributed by atoms with van der Waals surface area (Å²) in [4.78, 5) is 23.5. The molecule has 0 aromatic heterocycles. The molecule has 0 heterocycles. The van der Waals surface area contributed by atoms with Crippen molar-refractivity contribution in [1.29, 1.82) is 0 Å². The number of carbonyl (C=O) groups is 2. The molecular weight excluding hydrogens is 288 g/mol. The van der Waals surface area contributed by atoms with Crippen molar-refractivity contribution in [2.24, 2.45) is 5.73 Å². The van der Waals surface area contributed by atoms with E-state index >= 15 is 0 Å². The molecule has 3 N–H and O–H groups in total. The molecule has 0 saturated carbocycles. The van der Waals surface area contributed by atoms with Gasteiger partial charge in [-0.25, -0.2) is 0 Å². The highest BCUT2D eigenvalue weighted by Crippen LogP contribution is 2.11. The quantitative estimate of drug-likeness (QED) is 0.515. The van der Waals surface area contributed by atoms with Gasteiger partial charge in [0, 0.05) is 30.0 Å². The minimum atomic E-state index is -0.0730. The number of hydrogen-bond donors (Lipinski definition) is 2. The van der Waals surface area contributed by atoms with Crippen LogP contribution in [0.2, 0.25) is 5.02 Å². The topological polar surface area (TPSA) is 72.2 Å². The second-order valence-corrected chi connectivity index (χ2v) is 5.42. The van der Waals surface area contributed by atoms with Gasteiger partial charge in [0.05, 0.1) is 0 Å². The Morgan fingerprint density at radius 3 is 2.33 bits per heavy atom. The largest absolute Gasteiger partial charge is 0.356 e. The molecule has 0 radical (unpaired) electrons. The lowest BCUT2D eigenvalue weighted by atomic mass is 10.1. The number of nitrogens with two attached hydrogens (primary N) is 1. The molecule has 0 bridgehead atoms. The van der Waals surface area contributed by atoms with Crippen molar-refractivity contribution in [2.45, 2.75) is 38.5 Å². The average Bonchev–Trinajstić information content (AvgIpc) is 2.49. The fourth-order valence-electron chi connectivity index (χ4n) is 1.95. The molecule has 1 amide bonds. The summed E-state index contributed by atoms with van der Waals surface area (Å²) < 4.78 is 0. The van der Waals surface area contributed by atoms with E-state index in [2.05, 4.69) is 5.32 Å². The van der Waals surface area contributed by atoms with Gasteiger partial charge in [0.2, 0.25) is 5.91 Å². The number of rotatable bonds is 10. The highest BCUT2D eigenvalue weighted by molar-refractivity contribution is 6.30. The van der Waals surface area contributed by atoms with Gasteiger partial charge in [-0.3, -0.25) is 9.59 Å². The van der Waals surface area contributed by atoms with Gasteiger partial charge in [-0.15, -0.1) is 0 Å². The molecular formula is C16H23ClN2O2. The highest BCUT2D eigenvalue weighted by Gasteiger charge is 2.08. The van der Waals surface area contributed by atoms with Gasteiger partial charge in [-0.05, 0) is 43.7 Å². The fraction of sp³-hybridized carbons (Fsp3) is 0.500. The molecule has 0 unspecified atom stereocenters. The summed E-state index contributed by atoms with van der Waals surface area (Å²) in [5, 5.41) is 3.43. The number of ketones is 1. The van der Waals surface area contributed by atoms with Crippen LogP contribution in [0.4, 0.5) is 0 Å². The van der Waals surface area contributed by atoms with Crippen LogP contribution in [0.25, 0.3) is 0 Å². The molecule has 0 atom stereocenters. The summed E-state index contributed by atoms with van der Waals surface area (Å²) in [5.41, 5.74) is 6.00. The van der Waals surface area contributed by atoms with E-state index in [4.69, 9.17) is 17.3 Å². The molecule has 0 saturated heterocycles. The number of halogens is 1. The zero-order valence-corrected chi connectivity index (χ0v) is 13.0. The average molecular weight is 311 g/mol. The van der Waals surface area contributed by atoms with Crippen LogP contribution in [-0.2, 0) is 4.79 Å². The van der Waals surface area contributed by atoms with Crippen molar-refractivity contribution in [1.82, 2.24) is 5.32 Å². The molecule has 0 spiro atoms. The van der Waals surface area contributed by atoms with Gasteiger partial charge in [0.25, 0.3) is 0 Å². The lowest BCUT2D eigenvalue weighted by molar-refractivity contribution is -0.121. The Morgan fingerprint density at radius 1 is 1.00 bits per heavy atom. The minimum absolute atomic E-state index is 0.0373. The smallest absolute Gasteiger partial charge is 0.220 e. The Kier molecular flexibility index (Phi) is 8.71. The maximum Gasteiger partial charge on any atom is 0.220 e. The van der Waals surface area contributed by atoms with Gasteiger partial charge in [0.15, 0.2) is 5.78 Å². The Balaban J connectivity index is 2.15. The Labute approximate surface area is 131 Å². The number of benzene rings is 1. The third kappa shape index (κ3) is 7.83. The van der Waals surface area contributed by atoms with Gasteiger partial charge in [-0.2, -0.15) is 0 Å². The molecule has 116 valence electrons. The van der Waals surface area contributed by atoms with E-state index in [1.165, 1.54) is 0 Å². The summed E-state index contributed by atoms with van der Waals surface area (Å²) in [6.45, 7) is 1.39. The van der Waals surface area contributed by atoms with Crippen LogP contribution in [0.1, 0.15) is 48.9 Å². The summed E-state index contributed by atoms with van der Waals surface area (Å²) in [7, 11) is 0. The SMILES string of the molecule is NCCCCCCNC(=O)CCC(=O)c1ccc(Cl)cc1. The third-order valence-corrected chi connectivity index (χ3v) is 3.45. The van der Waals surface area contributed by atoms with Crippen LogP contribution in [0.3, 0.4) is 0 Å². The highest BCUT2D eigenvalue weighted by atomic mass is 35.5. The lowest BCUT2D eigenvalue weighted by Gasteiger charge is -2.05. The van der Waals surface area contributed by atoms with Crippen molar-refractivity contribution in [3.8, 4) is 0 Å². The monoisotopic (exact) mass is 310 g/mol. The van der Waals surface area contributed by atoms with Crippen molar-refractivity contribution in [3.63, 3.8) is 0 Å². The molecule has 21 heavy (non-hydrogen) atoms. The first-order chi connectivity index (χ1) is 10.1. The maximum atomic E-state index is 11.9.